The lowest BCUT2D eigenvalue weighted by Gasteiger charge is -2.58. The number of ketones is 1. The van der Waals surface area contributed by atoms with Gasteiger partial charge in [0.1, 0.15) is 18.3 Å². The van der Waals surface area contributed by atoms with Crippen molar-refractivity contribution < 1.29 is 38.4 Å². The predicted octanol–water partition coefficient (Wildman–Crippen LogP) is 3.99. The van der Waals surface area contributed by atoms with Crippen LogP contribution < -0.4 is 0 Å². The van der Waals surface area contributed by atoms with Gasteiger partial charge in [0.2, 0.25) is 0 Å². The Labute approximate surface area is 208 Å². The van der Waals surface area contributed by atoms with E-state index in [0.29, 0.717) is 0 Å². The Kier molecular flexibility index (Phi) is 7.59. The summed E-state index contributed by atoms with van der Waals surface area (Å²) in [6.45, 7) is 11.3. The van der Waals surface area contributed by atoms with Crippen molar-refractivity contribution in [2.45, 2.75) is 60.5 Å². The summed E-state index contributed by atoms with van der Waals surface area (Å²) in [5.74, 6) is -2.09. The van der Waals surface area contributed by atoms with Gasteiger partial charge in [-0.1, -0.05) is 32.9 Å². The average Bonchev–Trinajstić information content (AvgIpc) is 2.77. The van der Waals surface area contributed by atoms with Crippen LogP contribution in [0.4, 0.5) is 0 Å². The van der Waals surface area contributed by atoms with Crippen LogP contribution in [0, 0.1) is 39.9 Å². The molecule has 0 aromatic carbocycles. The third-order valence-electron chi connectivity index (χ3n) is 8.07. The molecule has 3 rings (SSSR count). The van der Waals surface area contributed by atoms with Crippen LogP contribution in [0.3, 0.4) is 0 Å². The van der Waals surface area contributed by atoms with E-state index in [1.807, 2.05) is 32.9 Å². The molecule has 0 radical (unpaired) electrons. The molecule has 0 aliphatic heterocycles. The number of hydrogen-bond donors (Lipinski definition) is 1. The first-order valence-electron chi connectivity index (χ1n) is 12.2. The van der Waals surface area contributed by atoms with Crippen LogP contribution >= 0.6 is 0 Å². The minimum absolute atomic E-state index is 0.0114. The molecular weight excluding hydrogens is 452 g/mol. The molecule has 3 aliphatic carbocycles. The number of hydrogen-bond acceptors (Lipinski definition) is 8. The number of carbonyl (C=O) groups is 3. The highest BCUT2D eigenvalue weighted by atomic mass is 16.7. The van der Waals surface area contributed by atoms with E-state index in [9.17, 15) is 19.5 Å². The summed E-state index contributed by atoms with van der Waals surface area (Å²) < 4.78 is 21.8. The molecule has 0 amide bonds. The third-order valence-corrected chi connectivity index (χ3v) is 8.07. The van der Waals surface area contributed by atoms with Crippen molar-refractivity contribution >= 4 is 17.7 Å². The monoisotopic (exact) mass is 492 g/mol. The molecule has 35 heavy (non-hydrogen) atoms. The topological polar surface area (TPSA) is 108 Å². The van der Waals surface area contributed by atoms with Gasteiger partial charge >= 0.3 is 11.9 Å². The lowest BCUT2D eigenvalue weighted by Crippen LogP contribution is -2.59. The average molecular weight is 493 g/mol. The molecule has 0 spiro atoms. The van der Waals surface area contributed by atoms with Gasteiger partial charge in [-0.25, -0.2) is 4.79 Å². The fraction of sp³-hybridized carbons (Fsp3) is 0.741. The maximum atomic E-state index is 13.7. The number of rotatable bonds is 6. The number of Topliss-reactive ketones (excluding diaryl/α,β-unsaturated/α-hetero) is 1. The highest BCUT2D eigenvalue weighted by Gasteiger charge is 2.61. The Hall–Kier alpha value is -2.19. The molecule has 0 unspecified atom stereocenters. The van der Waals surface area contributed by atoms with Crippen LogP contribution in [0.1, 0.15) is 54.4 Å². The summed E-state index contributed by atoms with van der Waals surface area (Å²) in [4.78, 5) is 38.7. The van der Waals surface area contributed by atoms with Gasteiger partial charge in [-0.2, -0.15) is 0 Å². The minimum Gasteiger partial charge on any atom is -0.511 e. The third kappa shape index (κ3) is 4.79. The number of ether oxygens (including phenoxy) is 4. The van der Waals surface area contributed by atoms with Gasteiger partial charge in [0, 0.05) is 36.7 Å². The lowest BCUT2D eigenvalue weighted by atomic mass is 9.46. The highest BCUT2D eigenvalue weighted by Crippen LogP contribution is 2.62. The smallest absolute Gasteiger partial charge is 0.337 e. The largest absolute Gasteiger partial charge is 0.511 e. The number of aliphatic hydroxyl groups is 1. The maximum Gasteiger partial charge on any atom is 0.337 e. The van der Waals surface area contributed by atoms with E-state index in [0.717, 1.165) is 0 Å². The first kappa shape index (κ1) is 27.4. The van der Waals surface area contributed by atoms with Crippen LogP contribution in [0.15, 0.2) is 23.5 Å². The van der Waals surface area contributed by atoms with E-state index >= 15 is 0 Å². The van der Waals surface area contributed by atoms with E-state index < -0.39 is 34.2 Å². The molecule has 0 heterocycles. The van der Waals surface area contributed by atoms with Gasteiger partial charge in [0.15, 0.2) is 0 Å². The Morgan fingerprint density at radius 1 is 1.14 bits per heavy atom. The lowest BCUT2D eigenvalue weighted by molar-refractivity contribution is -0.178. The molecular formula is C27H40O8. The number of esters is 2. The molecule has 0 aromatic heterocycles. The van der Waals surface area contributed by atoms with Crippen molar-refractivity contribution in [2.75, 3.05) is 27.6 Å². The van der Waals surface area contributed by atoms with Crippen LogP contribution in [-0.4, -0.2) is 56.6 Å². The normalized spacial score (nSPS) is 34.2. The molecule has 0 aromatic rings. The molecule has 1 N–H and O–H groups in total. The van der Waals surface area contributed by atoms with Crippen LogP contribution in [-0.2, 0) is 33.3 Å². The van der Waals surface area contributed by atoms with E-state index in [4.69, 9.17) is 18.9 Å². The van der Waals surface area contributed by atoms with Gasteiger partial charge in [-0.3, -0.25) is 9.59 Å². The number of fused-ring (bicyclic) bond motifs is 3. The van der Waals surface area contributed by atoms with E-state index in [-0.39, 0.29) is 67.1 Å². The van der Waals surface area contributed by atoms with Crippen molar-refractivity contribution in [2.24, 2.45) is 39.9 Å². The molecule has 1 fully saturated rings. The zero-order valence-corrected chi connectivity index (χ0v) is 22.2. The number of methoxy groups -OCH3 is 2. The van der Waals surface area contributed by atoms with Crippen molar-refractivity contribution in [1.29, 1.82) is 0 Å². The van der Waals surface area contributed by atoms with E-state index in [2.05, 4.69) is 0 Å². The summed E-state index contributed by atoms with van der Waals surface area (Å²) in [5, 5.41) is 11.0. The fourth-order valence-electron chi connectivity index (χ4n) is 6.43. The summed E-state index contributed by atoms with van der Waals surface area (Å²) in [7, 11) is 2.82. The predicted molar refractivity (Wildman–Crippen MR) is 128 cm³/mol. The van der Waals surface area contributed by atoms with Crippen LogP contribution in [0.25, 0.3) is 0 Å². The second kappa shape index (κ2) is 9.69. The molecule has 1 saturated carbocycles. The molecule has 8 nitrogen and oxygen atoms in total. The number of aliphatic hydroxyl groups excluding tert-OH is 1. The maximum absolute atomic E-state index is 13.7. The standard InChI is InChI=1S/C27H40O8/c1-25(2,3)24(31)34-13-15-11-18(28)20-16(21(15)35-14-32-7)9-10-19-26(4,5)22(29)17(23(30)33-8)12-27(19,20)6/h9-10,15-16,19-21,29H,11-14H2,1-8H3/t15-,16+,19+,20-,21+,27+/m1/s1. The van der Waals surface area contributed by atoms with Crippen LogP contribution in [0.5, 0.6) is 0 Å². The van der Waals surface area contributed by atoms with Crippen LogP contribution in [0.2, 0.25) is 0 Å². The second-order valence-electron chi connectivity index (χ2n) is 12.0. The van der Waals surface area contributed by atoms with Gasteiger partial charge in [0.25, 0.3) is 0 Å². The zero-order chi connectivity index (χ0) is 26.3. The first-order chi connectivity index (χ1) is 16.2. The summed E-state index contributed by atoms with van der Waals surface area (Å²) in [6, 6.07) is 0. The molecule has 0 bridgehead atoms. The first-order valence-corrected chi connectivity index (χ1v) is 12.2. The Balaban J connectivity index is 1.99. The Morgan fingerprint density at radius 3 is 2.37 bits per heavy atom. The molecule has 6 atom stereocenters. The quantitative estimate of drug-likeness (QED) is 0.337. The molecule has 8 heteroatoms. The van der Waals surface area contributed by atoms with E-state index in [1.54, 1.807) is 20.8 Å². The number of allylic oxidation sites excluding steroid dienone is 2. The summed E-state index contributed by atoms with van der Waals surface area (Å²) in [6.07, 6.45) is 4.05. The molecule has 0 saturated heterocycles. The van der Waals surface area contributed by atoms with Crippen molar-refractivity contribution in [3.05, 3.63) is 23.5 Å². The van der Waals surface area contributed by atoms with Crippen molar-refractivity contribution in [3.8, 4) is 0 Å². The van der Waals surface area contributed by atoms with Crippen molar-refractivity contribution in [3.63, 3.8) is 0 Å². The number of carbonyl (C=O) groups excluding carboxylic acids is 3. The highest BCUT2D eigenvalue weighted by molar-refractivity contribution is 5.90. The Bertz CT molecular complexity index is 924. The summed E-state index contributed by atoms with van der Waals surface area (Å²) >= 11 is 0. The minimum atomic E-state index is -0.764. The zero-order valence-electron chi connectivity index (χ0n) is 22.2. The van der Waals surface area contributed by atoms with Gasteiger partial charge in [0.05, 0.1) is 30.8 Å². The van der Waals surface area contributed by atoms with Gasteiger partial charge < -0.3 is 24.1 Å². The van der Waals surface area contributed by atoms with Crippen molar-refractivity contribution in [1.82, 2.24) is 0 Å². The Morgan fingerprint density at radius 2 is 1.80 bits per heavy atom. The molecule has 196 valence electrons. The molecule has 3 aliphatic rings. The van der Waals surface area contributed by atoms with E-state index in [1.165, 1.54) is 14.2 Å². The van der Waals surface area contributed by atoms with Gasteiger partial charge in [-0.15, -0.1) is 0 Å². The second-order valence-corrected chi connectivity index (χ2v) is 12.0. The summed E-state index contributed by atoms with van der Waals surface area (Å²) in [5.41, 5.74) is -1.84. The SMILES string of the molecule is COCO[C@H]1[C@@H](COC(=O)C(C)(C)C)CC(=O)[C@H]2[C@@H]1C=C[C@H]1C(C)(C)C(O)=C(C(=O)OC)C[C@]21C. The van der Waals surface area contributed by atoms with Gasteiger partial charge in [-0.05, 0) is 38.5 Å². The fourth-order valence-corrected chi connectivity index (χ4v) is 6.43.